The fourth-order valence-corrected chi connectivity index (χ4v) is 8.12. The van der Waals surface area contributed by atoms with Gasteiger partial charge >= 0.3 is 0 Å². The Morgan fingerprint density at radius 3 is 1.82 bits per heavy atom. The first-order chi connectivity index (χ1) is 26.4. The summed E-state index contributed by atoms with van der Waals surface area (Å²) in [5.74, 6) is 3.09. The molecular weight excluding hydrogens is 959 g/mol. The van der Waals surface area contributed by atoms with Crippen LogP contribution in [0.5, 0.6) is 23.0 Å². The maximum Gasteiger partial charge on any atom is 0.283 e. The van der Waals surface area contributed by atoms with Crippen molar-refractivity contribution in [1.82, 2.24) is 0 Å². The van der Waals surface area contributed by atoms with Crippen molar-refractivity contribution in [2.24, 2.45) is 10.7 Å². The first-order valence-electron chi connectivity index (χ1n) is 16.4. The minimum absolute atomic E-state index is 0.0648. The van der Waals surface area contributed by atoms with Crippen LogP contribution in [0.3, 0.4) is 0 Å². The molecule has 0 fully saturated rings. The first kappa shape index (κ1) is 37.6. The van der Waals surface area contributed by atoms with E-state index in [1.54, 1.807) is 36.4 Å². The Balaban J connectivity index is 0.000000118. The number of hydrogen-bond donors (Lipinski definition) is 1. The zero-order valence-corrected chi connectivity index (χ0v) is 35.2. The van der Waals surface area contributed by atoms with Gasteiger partial charge < -0.3 is 24.4 Å². The highest BCUT2D eigenvalue weighted by Crippen LogP contribution is 2.52. The number of halogens is 6. The van der Waals surface area contributed by atoms with E-state index >= 15 is 0 Å². The number of fused-ring (bicyclic) bond motifs is 8. The van der Waals surface area contributed by atoms with E-state index in [4.69, 9.17) is 59.2 Å². The summed E-state index contributed by atoms with van der Waals surface area (Å²) in [5, 5.41) is 2.89. The molecule has 0 saturated carbocycles. The Hall–Kier alpha value is -4.29. The number of nitrogens with two attached hydrogens (primary N) is 1. The van der Waals surface area contributed by atoms with Crippen molar-refractivity contribution in [3.8, 4) is 23.0 Å². The van der Waals surface area contributed by atoms with Crippen LogP contribution in [-0.2, 0) is 10.3 Å². The van der Waals surface area contributed by atoms with E-state index in [1.807, 2.05) is 72.8 Å². The lowest BCUT2D eigenvalue weighted by Crippen LogP contribution is -2.31. The van der Waals surface area contributed by atoms with Crippen molar-refractivity contribution in [2.45, 2.75) is 5.54 Å². The Morgan fingerprint density at radius 1 is 0.618 bits per heavy atom. The van der Waals surface area contributed by atoms with Crippen molar-refractivity contribution in [2.75, 3.05) is 6.61 Å². The second-order valence-electron chi connectivity index (χ2n) is 12.6. The first-order valence-corrected chi connectivity index (χ1v) is 19.9. The number of hydrogen-bond acceptors (Lipinski definition) is 7. The molecule has 3 aliphatic heterocycles. The van der Waals surface area contributed by atoms with E-state index in [-0.39, 0.29) is 11.5 Å². The van der Waals surface area contributed by atoms with E-state index in [0.717, 1.165) is 64.2 Å². The smallest absolute Gasteiger partial charge is 0.283 e. The van der Waals surface area contributed by atoms with E-state index in [1.165, 1.54) is 0 Å². The molecule has 0 aliphatic carbocycles. The van der Waals surface area contributed by atoms with E-state index in [2.05, 4.69) is 59.4 Å². The zero-order valence-electron chi connectivity index (χ0n) is 28.1. The maximum absolute atomic E-state index is 12.3. The predicted molar refractivity (Wildman–Crippen MR) is 231 cm³/mol. The standard InChI is InChI=1S/C15H10BrClN2O2.C14H8BrClO.C13H6BrClO2/c16-8-1-3-12-10(5-8)15(7-20-14(18)19-15)11-6-9(17)2-4-13(11)21-12;1-8-11-6-9(15)2-4-13(11)17-14-5-3-10(16)7-12(8)14;14-7-1-3-11-9(5-7)13(16)10-6-8(15)2-4-12(10)17-11/h1-6H,7H2,(H2,18,19);2-7H,1H2;1-6H. The molecule has 1 unspecified atom stereocenters. The molecule has 10 rings (SSSR count). The number of benzene rings is 6. The van der Waals surface area contributed by atoms with Crippen LogP contribution >= 0.6 is 82.6 Å². The summed E-state index contributed by atoms with van der Waals surface area (Å²) < 4.78 is 25.7. The average Bonchev–Trinajstić information content (AvgIpc) is 3.56. The van der Waals surface area contributed by atoms with Crippen molar-refractivity contribution in [1.29, 1.82) is 0 Å². The summed E-state index contributed by atoms with van der Waals surface area (Å²) >= 11 is 28.3. The quantitative estimate of drug-likeness (QED) is 0.152. The van der Waals surface area contributed by atoms with Gasteiger partial charge in [-0.15, -0.1) is 0 Å². The van der Waals surface area contributed by atoms with Crippen LogP contribution in [0.1, 0.15) is 22.3 Å². The second kappa shape index (κ2) is 15.0. The minimum Gasteiger partial charge on any atom is -0.462 e. The summed E-state index contributed by atoms with van der Waals surface area (Å²) in [6.45, 7) is 4.45. The van der Waals surface area contributed by atoms with Crippen molar-refractivity contribution >= 4 is 116 Å². The van der Waals surface area contributed by atoms with Crippen molar-refractivity contribution in [3.63, 3.8) is 0 Å². The number of ether oxygens (including phenoxy) is 3. The highest BCUT2D eigenvalue weighted by molar-refractivity contribution is 9.11. The van der Waals surface area contributed by atoms with Crippen LogP contribution in [0, 0.1) is 0 Å². The molecule has 0 radical (unpaired) electrons. The largest absolute Gasteiger partial charge is 0.462 e. The molecule has 55 heavy (non-hydrogen) atoms. The molecule has 3 aliphatic rings. The lowest BCUT2D eigenvalue weighted by molar-refractivity contribution is 0.264. The van der Waals surface area contributed by atoms with Crippen LogP contribution < -0.4 is 20.6 Å². The molecule has 274 valence electrons. The Labute approximate surface area is 354 Å². The van der Waals surface area contributed by atoms with Gasteiger partial charge in [0, 0.05) is 50.7 Å². The third-order valence-corrected chi connectivity index (χ3v) is 11.3. The third-order valence-electron chi connectivity index (χ3n) is 9.07. The summed E-state index contributed by atoms with van der Waals surface area (Å²) in [5.41, 5.74) is 10.8. The Bertz CT molecular complexity index is 2660. The Morgan fingerprint density at radius 2 is 1.11 bits per heavy atom. The van der Waals surface area contributed by atoms with Gasteiger partial charge in [0.15, 0.2) is 5.54 Å². The van der Waals surface area contributed by atoms with Gasteiger partial charge in [0.1, 0.15) is 40.8 Å². The fourth-order valence-electron chi connectivity index (χ4n) is 6.52. The molecule has 7 aromatic rings. The summed E-state index contributed by atoms with van der Waals surface area (Å²) in [6.07, 6.45) is 0. The van der Waals surface area contributed by atoms with Gasteiger partial charge in [-0.05, 0) is 115 Å². The summed E-state index contributed by atoms with van der Waals surface area (Å²) in [6, 6.07) is 33.3. The summed E-state index contributed by atoms with van der Waals surface area (Å²) in [4.78, 5) is 16.8. The molecule has 13 heteroatoms. The molecule has 1 atom stereocenters. The van der Waals surface area contributed by atoms with Crippen LogP contribution in [0.4, 0.5) is 0 Å². The van der Waals surface area contributed by atoms with Gasteiger partial charge in [0.2, 0.25) is 5.43 Å². The predicted octanol–water partition coefficient (Wildman–Crippen LogP) is 13.4. The SMILES string of the molecule is C=C1c2cc(Cl)ccc2Oc2ccc(Br)cc21.NC1=NC2(CO1)c1cc(Cl)ccc1Oc1ccc(Br)cc12.O=c1c2cc(Cl)ccc2oc2ccc(Br)cc12. The maximum atomic E-state index is 12.3. The van der Waals surface area contributed by atoms with Gasteiger partial charge in [0.25, 0.3) is 6.02 Å². The number of nitrogens with zero attached hydrogens (tertiary/aromatic N) is 1. The summed E-state index contributed by atoms with van der Waals surface area (Å²) in [7, 11) is 0. The van der Waals surface area contributed by atoms with Gasteiger partial charge in [-0.25, -0.2) is 4.99 Å². The van der Waals surface area contributed by atoms with Gasteiger partial charge in [-0.3, -0.25) is 4.79 Å². The molecule has 4 heterocycles. The van der Waals surface area contributed by atoms with Crippen LogP contribution in [0.15, 0.2) is 143 Å². The molecule has 0 saturated heterocycles. The molecule has 7 nitrogen and oxygen atoms in total. The zero-order chi connectivity index (χ0) is 38.6. The van der Waals surface area contributed by atoms with E-state index < -0.39 is 5.54 Å². The van der Waals surface area contributed by atoms with Gasteiger partial charge in [-0.1, -0.05) is 89.2 Å². The molecular formula is C42H24Br3Cl3N2O5. The molecule has 0 amide bonds. The normalized spacial score (nSPS) is 15.8. The van der Waals surface area contributed by atoms with Crippen molar-refractivity contribution in [3.05, 3.63) is 177 Å². The molecule has 1 spiro atoms. The molecule has 2 N–H and O–H groups in total. The highest BCUT2D eigenvalue weighted by Gasteiger charge is 2.47. The van der Waals surface area contributed by atoms with Crippen LogP contribution in [0.25, 0.3) is 27.5 Å². The van der Waals surface area contributed by atoms with Crippen molar-refractivity contribution < 1.29 is 18.6 Å². The third kappa shape index (κ3) is 7.28. The minimum atomic E-state index is -0.707. The number of rotatable bonds is 0. The highest BCUT2D eigenvalue weighted by atomic mass is 79.9. The lowest BCUT2D eigenvalue weighted by atomic mass is 9.81. The Kier molecular flexibility index (Phi) is 10.3. The van der Waals surface area contributed by atoms with E-state index in [9.17, 15) is 4.79 Å². The monoisotopic (exact) mass is 978 g/mol. The molecule has 0 bridgehead atoms. The topological polar surface area (TPSA) is 96.3 Å². The number of amidine groups is 1. The fraction of sp³-hybridized carbons (Fsp3) is 0.0476. The number of aliphatic imine (C=N–C) groups is 1. The second-order valence-corrected chi connectivity index (χ2v) is 16.6. The van der Waals surface area contributed by atoms with Gasteiger partial charge in [-0.2, -0.15) is 0 Å². The van der Waals surface area contributed by atoms with E-state index in [0.29, 0.717) is 43.6 Å². The van der Waals surface area contributed by atoms with Gasteiger partial charge in [0.05, 0.1) is 10.8 Å². The molecule has 6 aromatic carbocycles. The van der Waals surface area contributed by atoms with Crippen LogP contribution in [-0.4, -0.2) is 12.6 Å². The molecule has 1 aromatic heterocycles. The van der Waals surface area contributed by atoms with Crippen LogP contribution in [0.2, 0.25) is 15.1 Å². The average molecular weight is 983 g/mol. The lowest BCUT2D eigenvalue weighted by Gasteiger charge is -2.33.